The van der Waals surface area contributed by atoms with Gasteiger partial charge in [-0.25, -0.2) is 0 Å². The van der Waals surface area contributed by atoms with Gasteiger partial charge in [-0.1, -0.05) is 37.1 Å². The van der Waals surface area contributed by atoms with Crippen LogP contribution in [0.4, 0.5) is 0 Å². The SMILES string of the molecule is C[C@]12/C=C\CCCCOC(=O)[C@H]1[C@H]1C(=O)N(CCCCCCO)C3C(=O)N(CCN4CCOCC4)CC=C[C@@]31S2. The van der Waals surface area contributed by atoms with Gasteiger partial charge >= 0.3 is 5.97 Å². The molecule has 0 radical (unpaired) electrons. The molecule has 5 heterocycles. The first-order chi connectivity index (χ1) is 19.4. The molecule has 3 fully saturated rings. The highest BCUT2D eigenvalue weighted by atomic mass is 32.2. The van der Waals surface area contributed by atoms with Gasteiger partial charge in [-0.2, -0.15) is 0 Å². The van der Waals surface area contributed by atoms with Crippen LogP contribution in [-0.2, 0) is 23.9 Å². The zero-order valence-corrected chi connectivity index (χ0v) is 24.6. The largest absolute Gasteiger partial charge is 0.465 e. The summed E-state index contributed by atoms with van der Waals surface area (Å²) in [5.74, 6) is -1.76. The number of esters is 1. The number of aliphatic hydroxyl groups excluding tert-OH is 1. The van der Waals surface area contributed by atoms with Crippen LogP contribution in [0.25, 0.3) is 0 Å². The van der Waals surface area contributed by atoms with Crippen LogP contribution in [0.5, 0.6) is 0 Å². The summed E-state index contributed by atoms with van der Waals surface area (Å²) in [5.41, 5.74) is 0. The van der Waals surface area contributed by atoms with Crippen LogP contribution in [0, 0.1) is 11.8 Å². The second-order valence-corrected chi connectivity index (χ2v) is 13.7. The smallest absolute Gasteiger partial charge is 0.311 e. The van der Waals surface area contributed by atoms with Gasteiger partial charge in [-0.15, -0.1) is 11.8 Å². The number of allylic oxidation sites excluding steroid dienone is 1. The molecule has 1 spiro atoms. The third-order valence-corrected chi connectivity index (χ3v) is 11.0. The fraction of sp³-hybridized carbons (Fsp3) is 0.767. The topological polar surface area (TPSA) is 99.6 Å². The number of likely N-dealkylation sites (tertiary alicyclic amines) is 1. The molecule has 0 saturated carbocycles. The maximum absolute atomic E-state index is 14.4. The summed E-state index contributed by atoms with van der Waals surface area (Å²) in [7, 11) is 0. The number of cyclic esters (lactones) is 1. The highest BCUT2D eigenvalue weighted by molar-refractivity contribution is 8.02. The highest BCUT2D eigenvalue weighted by Gasteiger charge is 2.73. The Morgan fingerprint density at radius 1 is 0.925 bits per heavy atom. The molecule has 5 atom stereocenters. The summed E-state index contributed by atoms with van der Waals surface area (Å²) < 4.78 is 9.77. The summed E-state index contributed by atoms with van der Waals surface area (Å²) in [6.07, 6.45) is 14.3. The lowest BCUT2D eigenvalue weighted by atomic mass is 9.74. The van der Waals surface area contributed by atoms with Crippen molar-refractivity contribution in [3.63, 3.8) is 0 Å². The van der Waals surface area contributed by atoms with Crippen molar-refractivity contribution in [2.45, 2.75) is 67.4 Å². The average molecular weight is 576 g/mol. The number of fused-ring (bicyclic) bond motifs is 2. The molecule has 3 saturated heterocycles. The van der Waals surface area contributed by atoms with Crippen LogP contribution < -0.4 is 0 Å². The quantitative estimate of drug-likeness (QED) is 0.254. The Hall–Kier alpha value is -1.88. The number of ether oxygens (including phenoxy) is 2. The number of morpholine rings is 1. The van der Waals surface area contributed by atoms with E-state index in [2.05, 4.69) is 23.1 Å². The van der Waals surface area contributed by atoms with Crippen molar-refractivity contribution in [2.75, 3.05) is 65.7 Å². The van der Waals surface area contributed by atoms with Crippen LogP contribution in [-0.4, -0.2) is 119 Å². The van der Waals surface area contributed by atoms with E-state index < -0.39 is 27.4 Å². The van der Waals surface area contributed by atoms with E-state index in [1.54, 1.807) is 16.7 Å². The molecular formula is C30H45N3O6S. The molecule has 0 aliphatic carbocycles. The zero-order chi connectivity index (χ0) is 28.2. The summed E-state index contributed by atoms with van der Waals surface area (Å²) in [6.45, 7) is 8.01. The number of unbranched alkanes of at least 4 members (excludes halogenated alkanes) is 3. The Morgan fingerprint density at radius 2 is 1.73 bits per heavy atom. The predicted octanol–water partition coefficient (Wildman–Crippen LogP) is 2.24. The molecule has 1 unspecified atom stereocenters. The molecule has 1 N–H and O–H groups in total. The Kier molecular flexibility index (Phi) is 9.60. The molecule has 0 aromatic heterocycles. The van der Waals surface area contributed by atoms with Crippen LogP contribution in [0.2, 0.25) is 0 Å². The monoisotopic (exact) mass is 575 g/mol. The maximum Gasteiger partial charge on any atom is 0.311 e. The van der Waals surface area contributed by atoms with Crippen molar-refractivity contribution in [2.24, 2.45) is 11.8 Å². The fourth-order valence-electron chi connectivity index (χ4n) is 7.12. The molecule has 5 aliphatic heterocycles. The van der Waals surface area contributed by atoms with Gasteiger partial charge in [0.05, 0.1) is 36.4 Å². The number of aliphatic hydroxyl groups is 1. The molecule has 0 bridgehead atoms. The van der Waals surface area contributed by atoms with Crippen molar-refractivity contribution >= 4 is 29.5 Å². The molecule has 9 nitrogen and oxygen atoms in total. The molecule has 222 valence electrons. The van der Waals surface area contributed by atoms with Crippen molar-refractivity contribution < 1.29 is 29.0 Å². The molecule has 5 rings (SSSR count). The first kappa shape index (κ1) is 29.6. The normalized spacial score (nSPS) is 35.6. The third kappa shape index (κ3) is 5.74. The Morgan fingerprint density at radius 3 is 2.52 bits per heavy atom. The lowest BCUT2D eigenvalue weighted by Crippen LogP contribution is -2.54. The van der Waals surface area contributed by atoms with Crippen molar-refractivity contribution in [3.8, 4) is 0 Å². The predicted molar refractivity (Wildman–Crippen MR) is 154 cm³/mol. The number of nitrogens with zero attached hydrogens (tertiary/aromatic N) is 3. The minimum absolute atomic E-state index is 0.0263. The summed E-state index contributed by atoms with van der Waals surface area (Å²) in [4.78, 5) is 48.4. The van der Waals surface area contributed by atoms with Crippen molar-refractivity contribution in [3.05, 3.63) is 24.3 Å². The van der Waals surface area contributed by atoms with E-state index in [0.717, 1.165) is 64.6 Å². The number of hydrogen-bond acceptors (Lipinski definition) is 8. The summed E-state index contributed by atoms with van der Waals surface area (Å²) >= 11 is 1.62. The number of thioether (sulfide) groups is 1. The summed E-state index contributed by atoms with van der Waals surface area (Å²) in [6, 6.07) is -0.660. The van der Waals surface area contributed by atoms with Crippen LogP contribution in [0.15, 0.2) is 24.3 Å². The van der Waals surface area contributed by atoms with E-state index in [0.29, 0.717) is 39.5 Å². The Balaban J connectivity index is 1.46. The zero-order valence-electron chi connectivity index (χ0n) is 23.8. The van der Waals surface area contributed by atoms with E-state index in [1.165, 1.54) is 0 Å². The second kappa shape index (κ2) is 13.0. The Bertz CT molecular complexity index is 1000. The van der Waals surface area contributed by atoms with E-state index in [4.69, 9.17) is 9.47 Å². The molecule has 40 heavy (non-hydrogen) atoms. The second-order valence-electron chi connectivity index (χ2n) is 11.9. The van der Waals surface area contributed by atoms with Gasteiger partial charge in [0.2, 0.25) is 11.8 Å². The van der Waals surface area contributed by atoms with Crippen molar-refractivity contribution in [1.82, 2.24) is 14.7 Å². The van der Waals surface area contributed by atoms with Gasteiger partial charge in [-0.05, 0) is 39.0 Å². The van der Waals surface area contributed by atoms with E-state index in [-0.39, 0.29) is 24.4 Å². The molecule has 0 aromatic rings. The molecular weight excluding hydrogens is 530 g/mol. The van der Waals surface area contributed by atoms with E-state index in [9.17, 15) is 19.5 Å². The number of rotatable bonds is 9. The van der Waals surface area contributed by atoms with Crippen molar-refractivity contribution in [1.29, 1.82) is 0 Å². The molecule has 0 aromatic carbocycles. The van der Waals surface area contributed by atoms with Gasteiger partial charge < -0.3 is 24.4 Å². The van der Waals surface area contributed by atoms with E-state index in [1.807, 2.05) is 17.9 Å². The number of hydrogen-bond donors (Lipinski definition) is 1. The molecule has 2 amide bonds. The standard InChI is InChI=1S/C30H45N3O6S/c1-29-11-6-2-5-9-20-39-28(37)24(29)23-26(35)33(14-7-3-4-8-19-34)25-27(36)32(13-10-12-30(23,25)40-29)16-15-31-17-21-38-22-18-31/h6,10-12,23-25,34H,2-5,7-9,13-22H2,1H3/b11-6-/t23-,24+,25?,29-,30-/m0/s1. The lowest BCUT2D eigenvalue weighted by molar-refractivity contribution is -0.154. The van der Waals surface area contributed by atoms with Crippen LogP contribution in [0.3, 0.4) is 0 Å². The highest BCUT2D eigenvalue weighted by Crippen LogP contribution is 2.65. The minimum atomic E-state index is -0.830. The fourth-order valence-corrected chi connectivity index (χ4v) is 9.27. The average Bonchev–Trinajstić information content (AvgIpc) is 3.27. The van der Waals surface area contributed by atoms with Gasteiger partial charge in [0, 0.05) is 50.6 Å². The van der Waals surface area contributed by atoms with Gasteiger partial charge in [0.1, 0.15) is 6.04 Å². The van der Waals surface area contributed by atoms with Crippen LogP contribution in [0.1, 0.15) is 51.9 Å². The molecule has 5 aliphatic rings. The van der Waals surface area contributed by atoms with Gasteiger partial charge in [-0.3, -0.25) is 19.3 Å². The first-order valence-electron chi connectivity index (χ1n) is 15.1. The number of carbonyl (C=O) groups excluding carboxylic acids is 3. The number of amides is 2. The first-order valence-corrected chi connectivity index (χ1v) is 16.0. The molecule has 10 heteroatoms. The minimum Gasteiger partial charge on any atom is -0.465 e. The lowest BCUT2D eigenvalue weighted by Gasteiger charge is -2.37. The van der Waals surface area contributed by atoms with Gasteiger partial charge in [0.15, 0.2) is 0 Å². The van der Waals surface area contributed by atoms with Gasteiger partial charge in [0.25, 0.3) is 0 Å². The maximum atomic E-state index is 14.4. The number of carbonyl (C=O) groups is 3. The summed E-state index contributed by atoms with van der Waals surface area (Å²) in [5, 5.41) is 9.18. The van der Waals surface area contributed by atoms with Crippen LogP contribution >= 0.6 is 11.8 Å². The van der Waals surface area contributed by atoms with E-state index >= 15 is 0 Å². The third-order valence-electron chi connectivity index (χ3n) is 9.18. The Labute approximate surface area is 242 Å².